The summed E-state index contributed by atoms with van der Waals surface area (Å²) in [5, 5.41) is 0. The normalized spacial score (nSPS) is 11.5. The molecule has 186 valence electrons. The van der Waals surface area contributed by atoms with Crippen molar-refractivity contribution in [3.05, 3.63) is 80.2 Å². The summed E-state index contributed by atoms with van der Waals surface area (Å²) in [5.41, 5.74) is 12.1. The first-order valence-electron chi connectivity index (χ1n) is 11.3. The van der Waals surface area contributed by atoms with Crippen molar-refractivity contribution in [3.8, 4) is 0 Å². The van der Waals surface area contributed by atoms with E-state index in [2.05, 4.69) is 4.98 Å². The molecule has 3 N–H and O–H groups in total. The molecule has 0 aliphatic rings. The third-order valence-electron chi connectivity index (χ3n) is 6.90. The number of primary amides is 1. The van der Waals surface area contributed by atoms with Gasteiger partial charge in [-0.05, 0) is 99.0 Å². The van der Waals surface area contributed by atoms with Gasteiger partial charge in [0.25, 0.3) is 11.8 Å². The molecule has 7 nitrogen and oxygen atoms in total. The largest absolute Gasteiger partial charge is 0.364 e. The van der Waals surface area contributed by atoms with E-state index < -0.39 is 21.7 Å². The van der Waals surface area contributed by atoms with Crippen molar-refractivity contribution in [2.45, 2.75) is 64.8 Å². The number of amides is 2. The molecule has 2 aromatic carbocycles. The second kappa shape index (κ2) is 9.34. The molecule has 0 aliphatic carbocycles. The zero-order valence-electron chi connectivity index (χ0n) is 21.6. The number of rotatable bonds is 6. The van der Waals surface area contributed by atoms with Gasteiger partial charge >= 0.3 is 0 Å². The number of aromatic nitrogens is 1. The van der Waals surface area contributed by atoms with Gasteiger partial charge in [0.15, 0.2) is 0 Å². The Morgan fingerprint density at radius 3 is 2.09 bits per heavy atom. The summed E-state index contributed by atoms with van der Waals surface area (Å²) in [6.45, 7) is 13.3. The third-order valence-corrected chi connectivity index (χ3v) is 8.95. The molecule has 0 bridgehead atoms. The number of carbonyl (C=O) groups excluding carboxylic acids is 2. The molecule has 2 amide bonds. The maximum absolute atomic E-state index is 13.8. The van der Waals surface area contributed by atoms with Crippen LogP contribution in [0.15, 0.2) is 34.1 Å². The van der Waals surface area contributed by atoms with Gasteiger partial charge < -0.3 is 15.6 Å². The first kappa shape index (κ1) is 26.2. The molecule has 0 saturated heterocycles. The SMILES string of the molecule is Cc1cc(C)c(C)c(S(=O)(=O)c2c(C(N)=O)[nH]c(C(=O)N(C)Cc3ccc(C)c(C)c3C)c2C)c1. The van der Waals surface area contributed by atoms with Gasteiger partial charge in [-0.15, -0.1) is 0 Å². The minimum atomic E-state index is -4.14. The highest BCUT2D eigenvalue weighted by molar-refractivity contribution is 7.91. The first-order valence-corrected chi connectivity index (χ1v) is 12.8. The number of hydrogen-bond acceptors (Lipinski definition) is 4. The molecule has 0 aliphatic heterocycles. The van der Waals surface area contributed by atoms with Crippen LogP contribution < -0.4 is 5.73 Å². The lowest BCUT2D eigenvalue weighted by atomic mass is 9.98. The van der Waals surface area contributed by atoms with E-state index in [1.165, 1.54) is 17.4 Å². The number of aryl methyl sites for hydroxylation is 3. The van der Waals surface area contributed by atoms with Crippen LogP contribution in [0.25, 0.3) is 0 Å². The van der Waals surface area contributed by atoms with Crippen LogP contribution in [0.3, 0.4) is 0 Å². The van der Waals surface area contributed by atoms with Crippen LogP contribution in [-0.4, -0.2) is 37.2 Å². The fourth-order valence-electron chi connectivity index (χ4n) is 4.39. The average molecular weight is 496 g/mol. The molecular formula is C27H33N3O4S. The molecular weight excluding hydrogens is 462 g/mol. The Balaban J connectivity index is 2.11. The third kappa shape index (κ3) is 4.62. The minimum Gasteiger partial charge on any atom is -0.364 e. The van der Waals surface area contributed by atoms with Crippen molar-refractivity contribution in [3.63, 3.8) is 0 Å². The standard InChI is InChI=1S/C27H33N3O4S/c1-14-11-16(3)18(5)22(12-14)35(33,34)25-20(7)23(29-24(25)26(28)31)27(32)30(8)13-21-10-9-15(2)17(4)19(21)6/h9-12,29H,13H2,1-8H3,(H2,28,31). The molecule has 0 unspecified atom stereocenters. The summed E-state index contributed by atoms with van der Waals surface area (Å²) >= 11 is 0. The highest BCUT2D eigenvalue weighted by Gasteiger charge is 2.33. The summed E-state index contributed by atoms with van der Waals surface area (Å²) in [4.78, 5) is 29.8. The van der Waals surface area contributed by atoms with Crippen LogP contribution in [0.5, 0.6) is 0 Å². The number of hydrogen-bond donors (Lipinski definition) is 2. The second-order valence-electron chi connectivity index (χ2n) is 9.35. The number of nitrogens with one attached hydrogen (secondary N) is 1. The summed E-state index contributed by atoms with van der Waals surface area (Å²) in [7, 11) is -2.50. The Kier molecular flexibility index (Phi) is 7.00. The summed E-state index contributed by atoms with van der Waals surface area (Å²) in [5.74, 6) is -1.37. The molecule has 3 rings (SSSR count). The number of carbonyl (C=O) groups is 2. The lowest BCUT2D eigenvalue weighted by Gasteiger charge is -2.20. The number of nitrogens with zero attached hydrogens (tertiary/aromatic N) is 1. The molecule has 0 spiro atoms. The predicted molar refractivity (Wildman–Crippen MR) is 137 cm³/mol. The van der Waals surface area contributed by atoms with E-state index in [4.69, 9.17) is 5.73 Å². The van der Waals surface area contributed by atoms with E-state index in [0.29, 0.717) is 12.1 Å². The van der Waals surface area contributed by atoms with Crippen molar-refractivity contribution in [1.82, 2.24) is 9.88 Å². The molecule has 35 heavy (non-hydrogen) atoms. The van der Waals surface area contributed by atoms with E-state index >= 15 is 0 Å². The Bertz CT molecular complexity index is 1470. The van der Waals surface area contributed by atoms with Gasteiger partial charge in [0, 0.05) is 13.6 Å². The van der Waals surface area contributed by atoms with E-state index in [0.717, 1.165) is 27.8 Å². The Morgan fingerprint density at radius 1 is 0.857 bits per heavy atom. The minimum absolute atomic E-state index is 0.0309. The molecule has 0 fully saturated rings. The van der Waals surface area contributed by atoms with Crippen LogP contribution in [-0.2, 0) is 16.4 Å². The quantitative estimate of drug-likeness (QED) is 0.528. The lowest BCUT2D eigenvalue weighted by Crippen LogP contribution is -2.27. The van der Waals surface area contributed by atoms with Crippen LogP contribution in [0.2, 0.25) is 0 Å². The van der Waals surface area contributed by atoms with E-state index in [1.807, 2.05) is 52.8 Å². The van der Waals surface area contributed by atoms with Crippen molar-refractivity contribution in [2.75, 3.05) is 7.05 Å². The lowest BCUT2D eigenvalue weighted by molar-refractivity contribution is 0.0779. The van der Waals surface area contributed by atoms with Crippen LogP contribution in [0.4, 0.5) is 0 Å². The van der Waals surface area contributed by atoms with Gasteiger partial charge in [-0.25, -0.2) is 8.42 Å². The number of aromatic amines is 1. The van der Waals surface area contributed by atoms with Gasteiger partial charge in [-0.1, -0.05) is 18.2 Å². The van der Waals surface area contributed by atoms with E-state index in [1.54, 1.807) is 20.0 Å². The van der Waals surface area contributed by atoms with Gasteiger partial charge in [-0.2, -0.15) is 0 Å². The maximum atomic E-state index is 13.8. The molecule has 0 atom stereocenters. The molecule has 0 radical (unpaired) electrons. The Labute approximate surface area is 207 Å². The molecule has 0 saturated carbocycles. The van der Waals surface area contributed by atoms with Gasteiger partial charge in [0.05, 0.1) is 4.90 Å². The first-order chi connectivity index (χ1) is 16.2. The number of nitrogens with two attached hydrogens (primary N) is 1. The Hall–Kier alpha value is -3.39. The molecule has 1 heterocycles. The van der Waals surface area contributed by atoms with Crippen molar-refractivity contribution >= 4 is 21.7 Å². The number of H-pyrrole nitrogens is 1. The van der Waals surface area contributed by atoms with Crippen molar-refractivity contribution in [2.24, 2.45) is 5.73 Å². The van der Waals surface area contributed by atoms with Crippen LogP contribution in [0.1, 0.15) is 65.5 Å². The zero-order chi connectivity index (χ0) is 26.4. The van der Waals surface area contributed by atoms with E-state index in [9.17, 15) is 18.0 Å². The summed E-state index contributed by atoms with van der Waals surface area (Å²) in [6.07, 6.45) is 0. The fourth-order valence-corrected chi connectivity index (χ4v) is 6.44. The number of sulfone groups is 1. The molecule has 8 heteroatoms. The van der Waals surface area contributed by atoms with Gasteiger partial charge in [0.2, 0.25) is 9.84 Å². The maximum Gasteiger partial charge on any atom is 0.270 e. The van der Waals surface area contributed by atoms with Crippen LogP contribution >= 0.6 is 0 Å². The van der Waals surface area contributed by atoms with Gasteiger partial charge in [0.1, 0.15) is 16.3 Å². The van der Waals surface area contributed by atoms with Crippen molar-refractivity contribution in [1.29, 1.82) is 0 Å². The molecule has 1 aromatic heterocycles. The predicted octanol–water partition coefficient (Wildman–Crippen LogP) is 4.38. The monoisotopic (exact) mass is 495 g/mol. The smallest absolute Gasteiger partial charge is 0.270 e. The fraction of sp³-hybridized carbons (Fsp3) is 0.333. The topological polar surface area (TPSA) is 113 Å². The Morgan fingerprint density at radius 2 is 1.49 bits per heavy atom. The molecule has 3 aromatic rings. The number of benzene rings is 2. The highest BCUT2D eigenvalue weighted by Crippen LogP contribution is 2.33. The summed E-state index contributed by atoms with van der Waals surface area (Å²) < 4.78 is 27.5. The zero-order valence-corrected chi connectivity index (χ0v) is 22.4. The van der Waals surface area contributed by atoms with Gasteiger partial charge in [-0.3, -0.25) is 9.59 Å². The van der Waals surface area contributed by atoms with Crippen molar-refractivity contribution < 1.29 is 18.0 Å². The van der Waals surface area contributed by atoms with E-state index in [-0.39, 0.29) is 26.7 Å². The van der Waals surface area contributed by atoms with Crippen LogP contribution in [0, 0.1) is 48.5 Å². The second-order valence-corrected chi connectivity index (χ2v) is 11.2. The highest BCUT2D eigenvalue weighted by atomic mass is 32.2. The average Bonchev–Trinajstić information content (AvgIpc) is 3.14. The summed E-state index contributed by atoms with van der Waals surface area (Å²) in [6, 6.07) is 7.46.